The highest BCUT2D eigenvalue weighted by atomic mass is 16.6. The molecule has 0 radical (unpaired) electrons. The minimum absolute atomic E-state index is 0.0644. The lowest BCUT2D eigenvalue weighted by Crippen LogP contribution is -2.43. The van der Waals surface area contributed by atoms with E-state index in [0.29, 0.717) is 5.69 Å². The van der Waals surface area contributed by atoms with Crippen LogP contribution in [0.4, 0.5) is 11.4 Å². The monoisotopic (exact) mass is 291 g/mol. The van der Waals surface area contributed by atoms with Crippen molar-refractivity contribution in [2.24, 2.45) is 5.41 Å². The number of nitrogens with zero attached hydrogens (tertiary/aromatic N) is 2. The van der Waals surface area contributed by atoms with Gasteiger partial charge in [0, 0.05) is 12.1 Å². The Hall–Kier alpha value is -2.66. The summed E-state index contributed by atoms with van der Waals surface area (Å²) in [7, 11) is 0. The van der Waals surface area contributed by atoms with E-state index >= 15 is 0 Å². The number of carbonyl (C=O) groups is 1. The van der Waals surface area contributed by atoms with Gasteiger partial charge in [-0.3, -0.25) is 14.9 Å². The molecule has 2 N–H and O–H groups in total. The second-order valence-corrected chi connectivity index (χ2v) is 5.03. The summed E-state index contributed by atoms with van der Waals surface area (Å²) < 4.78 is 5.21. The van der Waals surface area contributed by atoms with Gasteiger partial charge in [0.2, 0.25) is 0 Å². The number of non-ortho nitro benzene ring substituents is 1. The zero-order valence-corrected chi connectivity index (χ0v) is 11.2. The molecule has 1 aromatic carbocycles. The fourth-order valence-corrected chi connectivity index (χ4v) is 2.14. The first-order valence-electron chi connectivity index (χ1n) is 6.14. The van der Waals surface area contributed by atoms with Crippen molar-refractivity contribution in [3.63, 3.8) is 0 Å². The van der Waals surface area contributed by atoms with Gasteiger partial charge >= 0.3 is 5.97 Å². The summed E-state index contributed by atoms with van der Waals surface area (Å²) in [6.07, 6.45) is 0. The first kappa shape index (κ1) is 14.7. The maximum Gasteiger partial charge on any atom is 0.313 e. The fourth-order valence-electron chi connectivity index (χ4n) is 2.14. The molecule has 8 nitrogen and oxygen atoms in total. The van der Waals surface area contributed by atoms with Gasteiger partial charge in [0.05, 0.1) is 35.4 Å². The summed E-state index contributed by atoms with van der Waals surface area (Å²) in [5.74, 6) is -1.00. The maximum atomic E-state index is 11.3. The van der Waals surface area contributed by atoms with Crippen LogP contribution in [0.15, 0.2) is 18.2 Å². The smallest absolute Gasteiger partial charge is 0.313 e. The van der Waals surface area contributed by atoms with Gasteiger partial charge in [0.25, 0.3) is 5.69 Å². The fraction of sp³-hybridized carbons (Fsp3) is 0.385. The number of aliphatic carboxylic acids is 1. The molecule has 1 saturated heterocycles. The number of hydrogen-bond acceptors (Lipinski definition) is 6. The number of ether oxygens (including phenoxy) is 1. The van der Waals surface area contributed by atoms with E-state index in [2.05, 4.69) is 5.32 Å². The van der Waals surface area contributed by atoms with E-state index in [9.17, 15) is 20.0 Å². The molecular formula is C13H13N3O5. The molecule has 0 saturated carbocycles. The number of nitro groups is 1. The molecule has 0 bridgehead atoms. The van der Waals surface area contributed by atoms with Crippen LogP contribution >= 0.6 is 0 Å². The molecule has 1 heterocycles. The Labute approximate surface area is 120 Å². The summed E-state index contributed by atoms with van der Waals surface area (Å²) in [6, 6.07) is 5.15. The molecule has 8 heteroatoms. The number of nitriles is 1. The summed E-state index contributed by atoms with van der Waals surface area (Å²) in [6.45, 7) is 1.80. The lowest BCUT2D eigenvalue weighted by Gasteiger charge is -2.26. The predicted molar refractivity (Wildman–Crippen MR) is 71.8 cm³/mol. The number of nitro benzene ring substituents is 1. The van der Waals surface area contributed by atoms with E-state index in [4.69, 9.17) is 10.00 Å². The quantitative estimate of drug-likeness (QED) is 0.633. The predicted octanol–water partition coefficient (Wildman–Crippen LogP) is 1.37. The second-order valence-electron chi connectivity index (χ2n) is 5.03. The van der Waals surface area contributed by atoms with Gasteiger partial charge in [-0.25, -0.2) is 0 Å². The van der Waals surface area contributed by atoms with Gasteiger partial charge in [-0.1, -0.05) is 0 Å². The summed E-state index contributed by atoms with van der Waals surface area (Å²) in [5.41, 5.74) is -0.871. The second kappa shape index (κ2) is 5.38. The summed E-state index contributed by atoms with van der Waals surface area (Å²) in [5, 5.41) is 32.0. The average Bonchev–Trinajstić information content (AvgIpc) is 2.81. The SMILES string of the molecule is CC1(C(=O)O)COCC1Nc1ccc([N+](=O)[O-])cc1C#N. The molecule has 1 fully saturated rings. The van der Waals surface area contributed by atoms with Gasteiger partial charge in [0.1, 0.15) is 11.5 Å². The molecular weight excluding hydrogens is 278 g/mol. The van der Waals surface area contributed by atoms with Gasteiger partial charge in [-0.05, 0) is 13.0 Å². The van der Waals surface area contributed by atoms with Crippen LogP contribution in [0.3, 0.4) is 0 Å². The number of benzene rings is 1. The Morgan fingerprint density at radius 3 is 2.95 bits per heavy atom. The number of carboxylic acid groups (broad SMARTS) is 1. The lowest BCUT2D eigenvalue weighted by molar-refractivity contribution is -0.384. The Kier molecular flexibility index (Phi) is 3.78. The zero-order valence-electron chi connectivity index (χ0n) is 11.2. The van der Waals surface area contributed by atoms with Crippen molar-refractivity contribution >= 4 is 17.3 Å². The van der Waals surface area contributed by atoms with Gasteiger partial charge in [-0.15, -0.1) is 0 Å². The molecule has 0 amide bonds. The Morgan fingerprint density at radius 1 is 1.67 bits per heavy atom. The van der Waals surface area contributed by atoms with Crippen LogP contribution in [0, 0.1) is 26.9 Å². The average molecular weight is 291 g/mol. The van der Waals surface area contributed by atoms with Gasteiger partial charge < -0.3 is 15.2 Å². The van der Waals surface area contributed by atoms with Crippen molar-refractivity contribution in [2.75, 3.05) is 18.5 Å². The van der Waals surface area contributed by atoms with Gasteiger partial charge in [-0.2, -0.15) is 5.26 Å². The molecule has 21 heavy (non-hydrogen) atoms. The standard InChI is InChI=1S/C13H13N3O5/c1-13(12(17)18)7-21-6-11(13)15-10-3-2-9(16(19)20)4-8(10)5-14/h2-4,11,15H,6-7H2,1H3,(H,17,18). The normalized spacial score (nSPS) is 24.3. The number of nitrogens with one attached hydrogen (secondary N) is 1. The van der Waals surface area contributed by atoms with Crippen molar-refractivity contribution in [3.8, 4) is 6.07 Å². The Morgan fingerprint density at radius 2 is 2.38 bits per heavy atom. The molecule has 2 rings (SSSR count). The molecule has 0 spiro atoms. The third-order valence-electron chi connectivity index (χ3n) is 3.61. The maximum absolute atomic E-state index is 11.3. The van der Waals surface area contributed by atoms with Crippen LogP contribution in [-0.2, 0) is 9.53 Å². The highest BCUT2D eigenvalue weighted by Gasteiger charge is 2.46. The summed E-state index contributed by atoms with van der Waals surface area (Å²) in [4.78, 5) is 21.5. The largest absolute Gasteiger partial charge is 0.481 e. The first-order valence-corrected chi connectivity index (χ1v) is 6.14. The lowest BCUT2D eigenvalue weighted by atomic mass is 9.85. The third kappa shape index (κ3) is 2.64. The Balaban J connectivity index is 2.30. The number of carboxylic acids is 1. The minimum atomic E-state index is -1.12. The Bertz CT molecular complexity index is 639. The molecule has 1 aliphatic rings. The van der Waals surface area contributed by atoms with Crippen molar-refractivity contribution in [1.29, 1.82) is 5.26 Å². The molecule has 110 valence electrons. The van der Waals surface area contributed by atoms with Gasteiger partial charge in [0.15, 0.2) is 0 Å². The molecule has 2 atom stereocenters. The third-order valence-corrected chi connectivity index (χ3v) is 3.61. The topological polar surface area (TPSA) is 125 Å². The molecule has 0 aromatic heterocycles. The first-order chi connectivity index (χ1) is 9.88. The van der Waals surface area contributed by atoms with E-state index in [1.807, 2.05) is 6.07 Å². The number of hydrogen-bond donors (Lipinski definition) is 2. The minimum Gasteiger partial charge on any atom is -0.481 e. The van der Waals surface area contributed by atoms with E-state index < -0.39 is 22.3 Å². The summed E-state index contributed by atoms with van der Waals surface area (Å²) >= 11 is 0. The van der Waals surface area contributed by atoms with Crippen LogP contribution in [-0.4, -0.2) is 35.3 Å². The van der Waals surface area contributed by atoms with Crippen molar-refractivity contribution in [3.05, 3.63) is 33.9 Å². The van der Waals surface area contributed by atoms with Crippen LogP contribution in [0.5, 0.6) is 0 Å². The van der Waals surface area contributed by atoms with Crippen molar-refractivity contribution < 1.29 is 19.6 Å². The van der Waals surface area contributed by atoms with Crippen LogP contribution in [0.1, 0.15) is 12.5 Å². The molecule has 1 aliphatic heterocycles. The van der Waals surface area contributed by atoms with Crippen molar-refractivity contribution in [1.82, 2.24) is 0 Å². The van der Waals surface area contributed by atoms with E-state index in [0.717, 1.165) is 6.07 Å². The molecule has 1 aromatic rings. The van der Waals surface area contributed by atoms with Crippen LogP contribution < -0.4 is 5.32 Å². The zero-order chi connectivity index (χ0) is 15.6. The van der Waals surface area contributed by atoms with Crippen molar-refractivity contribution in [2.45, 2.75) is 13.0 Å². The van der Waals surface area contributed by atoms with E-state index in [-0.39, 0.29) is 24.5 Å². The highest BCUT2D eigenvalue weighted by Crippen LogP contribution is 2.32. The molecule has 2 unspecified atom stereocenters. The van der Waals surface area contributed by atoms with Crippen LogP contribution in [0.25, 0.3) is 0 Å². The van der Waals surface area contributed by atoms with E-state index in [1.165, 1.54) is 12.1 Å². The molecule has 0 aliphatic carbocycles. The number of anilines is 1. The van der Waals surface area contributed by atoms with E-state index in [1.54, 1.807) is 6.92 Å². The highest BCUT2D eigenvalue weighted by molar-refractivity contribution is 5.77. The van der Waals surface area contributed by atoms with Crippen LogP contribution in [0.2, 0.25) is 0 Å². The number of rotatable bonds is 4.